The number of halogens is 1. The molecular weight excluding hydrogens is 295 g/mol. The van der Waals surface area contributed by atoms with Crippen LogP contribution in [0.1, 0.15) is 30.1 Å². The molecule has 1 aliphatic heterocycles. The van der Waals surface area contributed by atoms with Crippen molar-refractivity contribution in [3.05, 3.63) is 35.6 Å². The zero-order valence-electron chi connectivity index (χ0n) is 11.9. The predicted molar refractivity (Wildman–Crippen MR) is 77.9 cm³/mol. The highest BCUT2D eigenvalue weighted by atomic mass is 32.2. The second kappa shape index (κ2) is 6.53. The number of hydrogen-bond acceptors (Lipinski definition) is 3. The van der Waals surface area contributed by atoms with Gasteiger partial charge < -0.3 is 4.90 Å². The molecule has 1 amide bonds. The van der Waals surface area contributed by atoms with Crippen molar-refractivity contribution in [2.24, 2.45) is 0 Å². The van der Waals surface area contributed by atoms with Gasteiger partial charge in [-0.05, 0) is 44.0 Å². The van der Waals surface area contributed by atoms with E-state index in [1.807, 2.05) is 0 Å². The number of sulfonamides is 1. The summed E-state index contributed by atoms with van der Waals surface area (Å²) in [5.74, 6) is -0.465. The van der Waals surface area contributed by atoms with Gasteiger partial charge in [-0.3, -0.25) is 4.79 Å². The number of nitrogens with one attached hydrogen (secondary N) is 1. The van der Waals surface area contributed by atoms with Crippen LogP contribution in [0.5, 0.6) is 0 Å². The molecule has 0 spiro atoms. The van der Waals surface area contributed by atoms with Gasteiger partial charge in [-0.1, -0.05) is 0 Å². The monoisotopic (exact) mass is 314 g/mol. The molecule has 0 radical (unpaired) electrons. The molecule has 7 heteroatoms. The van der Waals surface area contributed by atoms with Gasteiger partial charge >= 0.3 is 0 Å². The lowest BCUT2D eigenvalue weighted by atomic mass is 10.0. The first kappa shape index (κ1) is 15.9. The molecule has 116 valence electrons. The number of rotatable bonds is 4. The third-order valence-corrected chi connectivity index (χ3v) is 5.05. The Labute approximate surface area is 124 Å². The van der Waals surface area contributed by atoms with Gasteiger partial charge in [0.25, 0.3) is 5.91 Å². The molecule has 1 heterocycles. The van der Waals surface area contributed by atoms with Gasteiger partial charge in [-0.2, -0.15) is 0 Å². The minimum atomic E-state index is -3.21. The molecule has 0 bridgehead atoms. The maximum Gasteiger partial charge on any atom is 0.253 e. The van der Waals surface area contributed by atoms with Crippen molar-refractivity contribution in [2.45, 2.75) is 25.8 Å². The molecule has 1 aromatic carbocycles. The number of hydrogen-bond donors (Lipinski definition) is 1. The van der Waals surface area contributed by atoms with Crippen LogP contribution in [0.25, 0.3) is 0 Å². The first-order valence-corrected chi connectivity index (χ1v) is 8.61. The minimum absolute atomic E-state index is 0.0573. The van der Waals surface area contributed by atoms with Crippen LogP contribution in [0.4, 0.5) is 4.39 Å². The maximum absolute atomic E-state index is 12.8. The van der Waals surface area contributed by atoms with E-state index in [2.05, 4.69) is 4.72 Å². The Balaban J connectivity index is 1.92. The fraction of sp³-hybridized carbons (Fsp3) is 0.500. The summed E-state index contributed by atoms with van der Waals surface area (Å²) in [4.78, 5) is 13.9. The lowest BCUT2D eigenvalue weighted by molar-refractivity contribution is 0.0711. The third-order valence-electron chi connectivity index (χ3n) is 3.60. The van der Waals surface area contributed by atoms with Crippen molar-refractivity contribution in [2.75, 3.05) is 18.8 Å². The van der Waals surface area contributed by atoms with Gasteiger partial charge in [0.1, 0.15) is 5.82 Å². The van der Waals surface area contributed by atoms with E-state index in [9.17, 15) is 17.6 Å². The third kappa shape index (κ3) is 4.25. The topological polar surface area (TPSA) is 66.5 Å². The molecule has 5 nitrogen and oxygen atoms in total. The van der Waals surface area contributed by atoms with E-state index in [0.717, 1.165) is 0 Å². The molecule has 0 atom stereocenters. The predicted octanol–water partition coefficient (Wildman–Crippen LogP) is 1.37. The van der Waals surface area contributed by atoms with Crippen LogP contribution in [0.3, 0.4) is 0 Å². The summed E-state index contributed by atoms with van der Waals surface area (Å²) in [7, 11) is -3.21. The van der Waals surface area contributed by atoms with Gasteiger partial charge in [0.2, 0.25) is 10.0 Å². The van der Waals surface area contributed by atoms with Crippen molar-refractivity contribution < 1.29 is 17.6 Å². The van der Waals surface area contributed by atoms with Crippen molar-refractivity contribution in [3.8, 4) is 0 Å². The Morgan fingerprint density at radius 3 is 2.38 bits per heavy atom. The van der Waals surface area contributed by atoms with Crippen LogP contribution in [0.15, 0.2) is 24.3 Å². The van der Waals surface area contributed by atoms with Gasteiger partial charge in [-0.25, -0.2) is 17.5 Å². The molecule has 0 unspecified atom stereocenters. The number of likely N-dealkylation sites (tertiary alicyclic amines) is 1. The van der Waals surface area contributed by atoms with Gasteiger partial charge in [0.15, 0.2) is 0 Å². The number of nitrogens with zero attached hydrogens (tertiary/aromatic N) is 1. The highest BCUT2D eigenvalue weighted by Crippen LogP contribution is 2.15. The fourth-order valence-electron chi connectivity index (χ4n) is 2.31. The number of piperidine rings is 1. The SMILES string of the molecule is CCS(=O)(=O)NC1CCN(C(=O)c2ccc(F)cc2)CC1. The molecule has 2 rings (SSSR count). The van der Waals surface area contributed by atoms with Gasteiger partial charge in [0, 0.05) is 24.7 Å². The quantitative estimate of drug-likeness (QED) is 0.913. The summed E-state index contributed by atoms with van der Waals surface area (Å²) in [6.45, 7) is 2.58. The Kier molecular flexibility index (Phi) is 4.95. The maximum atomic E-state index is 12.8. The van der Waals surface area contributed by atoms with Crippen molar-refractivity contribution >= 4 is 15.9 Å². The van der Waals surface area contributed by atoms with E-state index >= 15 is 0 Å². The van der Waals surface area contributed by atoms with E-state index in [1.54, 1.807) is 11.8 Å². The second-order valence-electron chi connectivity index (χ2n) is 5.09. The zero-order chi connectivity index (χ0) is 15.5. The van der Waals surface area contributed by atoms with Gasteiger partial charge in [0.05, 0.1) is 5.75 Å². The molecule has 1 N–H and O–H groups in total. The van der Waals surface area contributed by atoms with Crippen LogP contribution in [0.2, 0.25) is 0 Å². The first-order valence-electron chi connectivity index (χ1n) is 6.96. The second-order valence-corrected chi connectivity index (χ2v) is 7.14. The molecule has 1 saturated heterocycles. The minimum Gasteiger partial charge on any atom is -0.339 e. The smallest absolute Gasteiger partial charge is 0.253 e. The Morgan fingerprint density at radius 2 is 1.86 bits per heavy atom. The molecule has 0 saturated carbocycles. The number of benzene rings is 1. The highest BCUT2D eigenvalue weighted by molar-refractivity contribution is 7.89. The van der Waals surface area contributed by atoms with Crippen molar-refractivity contribution in [1.82, 2.24) is 9.62 Å². The van der Waals surface area contributed by atoms with Crippen molar-refractivity contribution in [1.29, 1.82) is 0 Å². The lowest BCUT2D eigenvalue weighted by Gasteiger charge is -2.32. The van der Waals surface area contributed by atoms with E-state index in [4.69, 9.17) is 0 Å². The Bertz CT molecular complexity index is 593. The van der Waals surface area contributed by atoms with Crippen LogP contribution < -0.4 is 4.72 Å². The summed E-state index contributed by atoms with van der Waals surface area (Å²) in [6.07, 6.45) is 1.18. The molecule has 21 heavy (non-hydrogen) atoms. The average Bonchev–Trinajstić information content (AvgIpc) is 2.48. The number of carbonyl (C=O) groups excluding carboxylic acids is 1. The largest absolute Gasteiger partial charge is 0.339 e. The Morgan fingerprint density at radius 1 is 1.29 bits per heavy atom. The normalized spacial score (nSPS) is 17.0. The van der Waals surface area contributed by atoms with E-state index < -0.39 is 10.0 Å². The summed E-state index contributed by atoms with van der Waals surface area (Å²) >= 11 is 0. The molecular formula is C14H19FN2O3S. The van der Waals surface area contributed by atoms with Crippen LogP contribution >= 0.6 is 0 Å². The fourth-order valence-corrected chi connectivity index (χ4v) is 3.22. The van der Waals surface area contributed by atoms with E-state index in [1.165, 1.54) is 24.3 Å². The highest BCUT2D eigenvalue weighted by Gasteiger charge is 2.25. The van der Waals surface area contributed by atoms with E-state index in [-0.39, 0.29) is 23.5 Å². The number of amides is 1. The van der Waals surface area contributed by atoms with E-state index in [0.29, 0.717) is 31.5 Å². The number of carbonyl (C=O) groups is 1. The molecule has 1 aromatic rings. The average molecular weight is 314 g/mol. The summed E-state index contributed by atoms with van der Waals surface area (Å²) in [6, 6.07) is 5.32. The lowest BCUT2D eigenvalue weighted by Crippen LogP contribution is -2.46. The molecule has 0 aromatic heterocycles. The molecule has 1 aliphatic rings. The summed E-state index contributed by atoms with van der Waals surface area (Å²) in [5, 5.41) is 0. The summed E-state index contributed by atoms with van der Waals surface area (Å²) < 4.78 is 38.5. The van der Waals surface area contributed by atoms with Crippen LogP contribution in [0, 0.1) is 5.82 Å². The molecule has 1 fully saturated rings. The van der Waals surface area contributed by atoms with Gasteiger partial charge in [-0.15, -0.1) is 0 Å². The first-order chi connectivity index (χ1) is 9.91. The van der Waals surface area contributed by atoms with Crippen LogP contribution in [-0.2, 0) is 10.0 Å². The summed E-state index contributed by atoms with van der Waals surface area (Å²) in [5.41, 5.74) is 0.448. The standard InChI is InChI=1S/C14H19FN2O3S/c1-2-21(19,20)16-13-7-9-17(10-8-13)14(18)11-3-5-12(15)6-4-11/h3-6,13,16H,2,7-10H2,1H3. The Hall–Kier alpha value is -1.47. The van der Waals surface area contributed by atoms with Crippen LogP contribution in [-0.4, -0.2) is 44.1 Å². The van der Waals surface area contributed by atoms with Crippen molar-refractivity contribution in [3.63, 3.8) is 0 Å². The zero-order valence-corrected chi connectivity index (χ0v) is 12.7. The molecule has 0 aliphatic carbocycles.